The van der Waals surface area contributed by atoms with Gasteiger partial charge < -0.3 is 19.5 Å². The Balaban J connectivity index is 1.89. The van der Waals surface area contributed by atoms with Crippen LogP contribution in [0, 0.1) is 0 Å². The van der Waals surface area contributed by atoms with Crippen LogP contribution in [0.5, 0.6) is 0 Å². The Morgan fingerprint density at radius 1 is 1.34 bits per heavy atom. The van der Waals surface area contributed by atoms with E-state index in [-0.39, 0.29) is 37.0 Å². The van der Waals surface area contributed by atoms with Gasteiger partial charge in [0.1, 0.15) is 10.4 Å². The number of ether oxygens (including phenoxy) is 2. The number of nitrogens with zero attached hydrogens (tertiary/aromatic N) is 3. The summed E-state index contributed by atoms with van der Waals surface area (Å²) in [4.78, 5) is 26.5. The van der Waals surface area contributed by atoms with Crippen molar-refractivity contribution in [2.24, 2.45) is 7.05 Å². The molecule has 0 bridgehead atoms. The molecule has 1 atom stereocenters. The van der Waals surface area contributed by atoms with E-state index in [0.29, 0.717) is 24.8 Å². The Morgan fingerprint density at radius 3 is 2.52 bits per heavy atom. The van der Waals surface area contributed by atoms with E-state index in [0.717, 1.165) is 0 Å². The lowest BCUT2D eigenvalue weighted by Crippen LogP contribution is -2.54. The third-order valence-corrected chi connectivity index (χ3v) is 9.16. The molecule has 1 aromatic heterocycles. The fourth-order valence-electron chi connectivity index (χ4n) is 4.02. The van der Waals surface area contributed by atoms with Crippen LogP contribution in [0.4, 0.5) is 0 Å². The molecule has 1 unspecified atom stereocenters. The van der Waals surface area contributed by atoms with Crippen molar-refractivity contribution in [1.82, 2.24) is 14.7 Å². The minimum atomic E-state index is -3.79. The van der Waals surface area contributed by atoms with E-state index in [4.69, 9.17) is 9.47 Å². The van der Waals surface area contributed by atoms with Gasteiger partial charge in [0.25, 0.3) is 5.91 Å². The van der Waals surface area contributed by atoms with Gasteiger partial charge in [-0.1, -0.05) is 0 Å². The first-order valence-corrected chi connectivity index (χ1v) is 10.8. The lowest BCUT2D eigenvalue weighted by Gasteiger charge is -2.35. The molecule has 10 nitrogen and oxygen atoms in total. The van der Waals surface area contributed by atoms with Gasteiger partial charge in [0, 0.05) is 32.8 Å². The molecule has 3 rings (SSSR count). The van der Waals surface area contributed by atoms with Gasteiger partial charge in [-0.15, -0.1) is 0 Å². The number of aryl methyl sites for hydroxylation is 1. The molecule has 1 aliphatic carbocycles. The number of esters is 1. The highest BCUT2D eigenvalue weighted by molar-refractivity contribution is 7.94. The lowest BCUT2D eigenvalue weighted by atomic mass is 10.0. The Bertz CT molecular complexity index is 935. The molecule has 11 heteroatoms. The van der Waals surface area contributed by atoms with Crippen molar-refractivity contribution < 1.29 is 32.6 Å². The highest BCUT2D eigenvalue weighted by atomic mass is 32.2. The summed E-state index contributed by atoms with van der Waals surface area (Å²) in [6.07, 6.45) is 1.22. The van der Waals surface area contributed by atoms with E-state index < -0.39 is 31.9 Å². The van der Waals surface area contributed by atoms with E-state index in [9.17, 15) is 23.1 Å². The molecule has 0 radical (unpaired) electrons. The Morgan fingerprint density at radius 2 is 2.00 bits per heavy atom. The molecule has 2 aliphatic rings. The molecule has 1 N–H and O–H groups in total. The van der Waals surface area contributed by atoms with Gasteiger partial charge in [0.05, 0.1) is 25.1 Å². The van der Waals surface area contributed by atoms with Gasteiger partial charge in [0.15, 0.2) is 15.5 Å². The van der Waals surface area contributed by atoms with Gasteiger partial charge in [-0.25, -0.2) is 13.2 Å². The maximum absolute atomic E-state index is 13.3. The van der Waals surface area contributed by atoms with Crippen LogP contribution in [0.25, 0.3) is 0 Å². The van der Waals surface area contributed by atoms with Crippen LogP contribution in [0.1, 0.15) is 46.3 Å². The normalized spacial score (nSPS) is 20.2. The highest BCUT2D eigenvalue weighted by Gasteiger charge is 2.62. The summed E-state index contributed by atoms with van der Waals surface area (Å²) >= 11 is 0. The van der Waals surface area contributed by atoms with Crippen molar-refractivity contribution in [2.75, 3.05) is 40.5 Å². The quantitative estimate of drug-likeness (QED) is 0.551. The molecule has 0 spiro atoms. The van der Waals surface area contributed by atoms with Crippen LogP contribution in [0.3, 0.4) is 0 Å². The molecule has 1 aliphatic heterocycles. The summed E-state index contributed by atoms with van der Waals surface area (Å²) < 4.78 is 35.2. The van der Waals surface area contributed by atoms with Crippen LogP contribution >= 0.6 is 0 Å². The molecule has 1 amide bonds. The van der Waals surface area contributed by atoms with E-state index in [1.54, 1.807) is 7.05 Å². The first-order valence-electron chi connectivity index (χ1n) is 9.35. The van der Waals surface area contributed by atoms with Crippen LogP contribution in [0.15, 0.2) is 0 Å². The Labute approximate surface area is 169 Å². The fraction of sp³-hybridized carbons (Fsp3) is 0.722. The van der Waals surface area contributed by atoms with E-state index >= 15 is 0 Å². The van der Waals surface area contributed by atoms with Crippen LogP contribution < -0.4 is 0 Å². The molecule has 0 aromatic carbocycles. The average molecular weight is 429 g/mol. The second kappa shape index (κ2) is 7.37. The number of carbonyl (C=O) groups excluding carboxylic acids is 2. The molecule has 0 saturated heterocycles. The highest BCUT2D eigenvalue weighted by Crippen LogP contribution is 2.49. The standard InChI is InChI=1S/C18H27N3O7S/c1-17(10-22,11-27-3)29(25,26)18(6-7-18)9-21-8-5-12-13(16(24)28-4)19-20(2)14(12)15(21)23/h22H,5-11H2,1-4H3. The monoisotopic (exact) mass is 429 g/mol. The van der Waals surface area contributed by atoms with E-state index in [1.165, 1.54) is 30.7 Å². The predicted molar refractivity (Wildman–Crippen MR) is 102 cm³/mol. The number of hydrogen-bond donors (Lipinski definition) is 1. The molecular weight excluding hydrogens is 402 g/mol. The smallest absolute Gasteiger partial charge is 0.358 e. The molecule has 1 saturated carbocycles. The molecular formula is C18H27N3O7S. The van der Waals surface area contributed by atoms with Crippen LogP contribution in [0.2, 0.25) is 0 Å². The summed E-state index contributed by atoms with van der Waals surface area (Å²) in [7, 11) is 0.417. The Kier molecular flexibility index (Phi) is 5.52. The summed E-state index contributed by atoms with van der Waals surface area (Å²) in [6.45, 7) is 1.08. The number of fused-ring (bicyclic) bond motifs is 1. The molecule has 162 valence electrons. The number of aliphatic hydroxyl groups excluding tert-OH is 1. The summed E-state index contributed by atoms with van der Waals surface area (Å²) in [5, 5.41) is 13.9. The third kappa shape index (κ3) is 3.24. The van der Waals surface area contributed by atoms with Crippen molar-refractivity contribution >= 4 is 21.7 Å². The molecule has 1 fully saturated rings. The minimum absolute atomic E-state index is 0.0334. The average Bonchev–Trinajstić information content (AvgIpc) is 3.40. The predicted octanol–water partition coefficient (Wildman–Crippen LogP) is -0.450. The third-order valence-electron chi connectivity index (χ3n) is 5.94. The van der Waals surface area contributed by atoms with Gasteiger partial charge in [0.2, 0.25) is 0 Å². The summed E-state index contributed by atoms with van der Waals surface area (Å²) in [6, 6.07) is 0. The molecule has 2 heterocycles. The number of methoxy groups -OCH3 is 2. The summed E-state index contributed by atoms with van der Waals surface area (Å²) in [5.74, 6) is -0.974. The first-order chi connectivity index (χ1) is 13.6. The lowest BCUT2D eigenvalue weighted by molar-refractivity contribution is 0.0591. The van der Waals surface area contributed by atoms with Crippen molar-refractivity contribution in [3.8, 4) is 0 Å². The van der Waals surface area contributed by atoms with Gasteiger partial charge in [-0.3, -0.25) is 9.48 Å². The number of aliphatic hydroxyl groups is 1. The van der Waals surface area contributed by atoms with E-state index in [1.807, 2.05) is 0 Å². The maximum Gasteiger partial charge on any atom is 0.358 e. The van der Waals surface area contributed by atoms with Crippen molar-refractivity contribution in [1.29, 1.82) is 0 Å². The zero-order valence-electron chi connectivity index (χ0n) is 17.1. The zero-order valence-corrected chi connectivity index (χ0v) is 17.9. The minimum Gasteiger partial charge on any atom is -0.464 e. The summed E-state index contributed by atoms with van der Waals surface area (Å²) in [5.41, 5.74) is 0.902. The fourth-order valence-corrected chi connectivity index (χ4v) is 6.47. The van der Waals surface area contributed by atoms with Gasteiger partial charge >= 0.3 is 5.97 Å². The van der Waals surface area contributed by atoms with Crippen molar-refractivity contribution in [3.05, 3.63) is 17.0 Å². The number of aromatic nitrogens is 2. The van der Waals surface area contributed by atoms with Crippen molar-refractivity contribution in [2.45, 2.75) is 35.7 Å². The number of rotatable bonds is 8. The Hall–Kier alpha value is -1.98. The van der Waals surface area contributed by atoms with E-state index in [2.05, 4.69) is 5.10 Å². The van der Waals surface area contributed by atoms with Gasteiger partial charge in [-0.05, 0) is 26.2 Å². The maximum atomic E-state index is 13.3. The topological polar surface area (TPSA) is 128 Å². The van der Waals surface area contributed by atoms with Gasteiger partial charge in [-0.2, -0.15) is 5.10 Å². The second-order valence-electron chi connectivity index (χ2n) is 8.00. The number of hydrogen-bond acceptors (Lipinski definition) is 8. The van der Waals surface area contributed by atoms with Crippen LogP contribution in [-0.2, 0) is 32.8 Å². The van der Waals surface area contributed by atoms with Crippen molar-refractivity contribution in [3.63, 3.8) is 0 Å². The first kappa shape index (κ1) is 21.7. The molecule has 29 heavy (non-hydrogen) atoms. The zero-order chi connectivity index (χ0) is 21.6. The largest absolute Gasteiger partial charge is 0.464 e. The van der Waals surface area contributed by atoms with Crippen LogP contribution in [-0.4, -0.2) is 90.1 Å². The number of sulfone groups is 1. The SMILES string of the molecule is COCC(C)(CO)S(=O)(=O)C1(CN2CCc3c(C(=O)OC)nn(C)c3C2=O)CC1. The number of amides is 1. The second-order valence-corrected chi connectivity index (χ2v) is 10.9. The molecule has 1 aromatic rings. The number of carbonyl (C=O) groups is 2.